The third-order valence-corrected chi connectivity index (χ3v) is 2.65. The Morgan fingerprint density at radius 3 is 2.75 bits per heavy atom. The summed E-state index contributed by atoms with van der Waals surface area (Å²) in [5, 5.41) is 0. The number of ether oxygens (including phenoxy) is 3. The smallest absolute Gasteiger partial charge is 0.221 e. The Morgan fingerprint density at radius 2 is 2.05 bits per heavy atom. The molecule has 0 radical (unpaired) electrons. The predicted octanol–water partition coefficient (Wildman–Crippen LogP) is 1.15. The summed E-state index contributed by atoms with van der Waals surface area (Å²) in [6.07, 6.45) is 4.09. The molecule has 0 aliphatic rings. The zero-order valence-corrected chi connectivity index (χ0v) is 12.2. The lowest BCUT2D eigenvalue weighted by atomic mass is 10.2. The Kier molecular flexibility index (Phi) is 8.61. The highest BCUT2D eigenvalue weighted by Crippen LogP contribution is 2.22. The zero-order valence-electron chi connectivity index (χ0n) is 12.2. The van der Waals surface area contributed by atoms with Gasteiger partial charge in [0.25, 0.3) is 0 Å². The standard InChI is InChI=1S/C13H24N4O3/c1-3-5-11-12(17-14)15-10-16-13(11)20-9-8-19-7-4-6-18-2/h10H,3-9,14H2,1-2H3,(H,15,16,17). The van der Waals surface area contributed by atoms with Gasteiger partial charge in [0.1, 0.15) is 18.8 Å². The molecule has 0 aliphatic heterocycles. The minimum atomic E-state index is 0.449. The van der Waals surface area contributed by atoms with E-state index in [9.17, 15) is 0 Å². The SMILES string of the molecule is CCCc1c(NN)ncnc1OCCOCCCOC. The van der Waals surface area contributed by atoms with Crippen molar-refractivity contribution in [2.24, 2.45) is 5.84 Å². The lowest BCUT2D eigenvalue weighted by Gasteiger charge is -2.12. The quantitative estimate of drug-likeness (QED) is 0.358. The van der Waals surface area contributed by atoms with E-state index < -0.39 is 0 Å². The van der Waals surface area contributed by atoms with Crippen molar-refractivity contribution in [3.63, 3.8) is 0 Å². The molecule has 20 heavy (non-hydrogen) atoms. The summed E-state index contributed by atoms with van der Waals surface area (Å²) in [6.45, 7) is 4.42. The Bertz CT molecular complexity index is 377. The first-order valence-electron chi connectivity index (χ1n) is 6.83. The summed E-state index contributed by atoms with van der Waals surface area (Å²) in [6, 6.07) is 0. The second kappa shape index (κ2) is 10.4. The van der Waals surface area contributed by atoms with Crippen LogP contribution in [0, 0.1) is 0 Å². The maximum absolute atomic E-state index is 5.64. The largest absolute Gasteiger partial charge is 0.475 e. The fourth-order valence-electron chi connectivity index (χ4n) is 1.72. The molecule has 7 heteroatoms. The van der Waals surface area contributed by atoms with Gasteiger partial charge in [-0.25, -0.2) is 15.8 Å². The number of nitrogens with zero attached hydrogens (tertiary/aromatic N) is 2. The highest BCUT2D eigenvalue weighted by molar-refractivity contribution is 5.47. The minimum Gasteiger partial charge on any atom is -0.475 e. The number of aromatic nitrogens is 2. The molecule has 0 bridgehead atoms. The minimum absolute atomic E-state index is 0.449. The van der Waals surface area contributed by atoms with E-state index in [2.05, 4.69) is 22.3 Å². The van der Waals surface area contributed by atoms with Crippen LogP contribution in [0.1, 0.15) is 25.3 Å². The molecule has 0 unspecified atom stereocenters. The number of hydrazine groups is 1. The van der Waals surface area contributed by atoms with Crippen LogP contribution in [-0.4, -0.2) is 43.5 Å². The van der Waals surface area contributed by atoms with E-state index in [4.69, 9.17) is 20.1 Å². The van der Waals surface area contributed by atoms with E-state index in [0.29, 0.717) is 38.1 Å². The first-order valence-corrected chi connectivity index (χ1v) is 6.83. The van der Waals surface area contributed by atoms with Crippen molar-refractivity contribution >= 4 is 5.82 Å². The molecule has 0 saturated heterocycles. The number of hydrogen-bond acceptors (Lipinski definition) is 7. The number of rotatable bonds is 11. The molecule has 0 saturated carbocycles. The topological polar surface area (TPSA) is 91.5 Å². The van der Waals surface area contributed by atoms with Crippen molar-refractivity contribution in [3.05, 3.63) is 11.9 Å². The molecule has 1 rings (SSSR count). The number of nitrogens with one attached hydrogen (secondary N) is 1. The van der Waals surface area contributed by atoms with Gasteiger partial charge in [0.2, 0.25) is 5.88 Å². The zero-order chi connectivity index (χ0) is 14.6. The molecule has 114 valence electrons. The number of methoxy groups -OCH3 is 1. The molecule has 0 fully saturated rings. The van der Waals surface area contributed by atoms with Gasteiger partial charge >= 0.3 is 0 Å². The van der Waals surface area contributed by atoms with Crippen molar-refractivity contribution in [2.45, 2.75) is 26.2 Å². The van der Waals surface area contributed by atoms with Gasteiger partial charge in [0.15, 0.2) is 0 Å². The van der Waals surface area contributed by atoms with E-state index >= 15 is 0 Å². The third kappa shape index (κ3) is 5.68. The van der Waals surface area contributed by atoms with Crippen LogP contribution in [0.15, 0.2) is 6.33 Å². The number of anilines is 1. The molecule has 0 spiro atoms. The van der Waals surface area contributed by atoms with Crippen LogP contribution in [-0.2, 0) is 15.9 Å². The summed E-state index contributed by atoms with van der Waals surface area (Å²) in [4.78, 5) is 8.23. The van der Waals surface area contributed by atoms with Gasteiger partial charge in [-0.1, -0.05) is 13.3 Å². The lowest BCUT2D eigenvalue weighted by molar-refractivity contribution is 0.0793. The molecule has 1 aromatic heterocycles. The summed E-state index contributed by atoms with van der Waals surface area (Å²) < 4.78 is 16.0. The van der Waals surface area contributed by atoms with Crippen LogP contribution in [0.3, 0.4) is 0 Å². The molecule has 3 N–H and O–H groups in total. The number of hydrogen-bond donors (Lipinski definition) is 2. The normalized spacial score (nSPS) is 10.6. The van der Waals surface area contributed by atoms with Crippen LogP contribution in [0.4, 0.5) is 5.82 Å². The second-order valence-electron chi connectivity index (χ2n) is 4.21. The van der Waals surface area contributed by atoms with Gasteiger partial charge < -0.3 is 19.6 Å². The van der Waals surface area contributed by atoms with E-state index in [0.717, 1.165) is 24.8 Å². The van der Waals surface area contributed by atoms with Crippen LogP contribution in [0.25, 0.3) is 0 Å². The average molecular weight is 284 g/mol. The summed E-state index contributed by atoms with van der Waals surface area (Å²) >= 11 is 0. The van der Waals surface area contributed by atoms with E-state index in [1.54, 1.807) is 7.11 Å². The van der Waals surface area contributed by atoms with Crippen molar-refractivity contribution in [2.75, 3.05) is 39.0 Å². The molecule has 0 atom stereocenters. The maximum atomic E-state index is 5.64. The fraction of sp³-hybridized carbons (Fsp3) is 0.692. The van der Waals surface area contributed by atoms with E-state index in [1.165, 1.54) is 6.33 Å². The molecule has 0 aliphatic carbocycles. The molecule has 7 nitrogen and oxygen atoms in total. The summed E-state index contributed by atoms with van der Waals surface area (Å²) in [5.74, 6) is 6.61. The van der Waals surface area contributed by atoms with Gasteiger partial charge in [-0.15, -0.1) is 0 Å². The van der Waals surface area contributed by atoms with Gasteiger partial charge in [-0.05, 0) is 12.8 Å². The van der Waals surface area contributed by atoms with Crippen molar-refractivity contribution in [1.29, 1.82) is 0 Å². The highest BCUT2D eigenvalue weighted by Gasteiger charge is 2.11. The van der Waals surface area contributed by atoms with E-state index in [1.807, 2.05) is 0 Å². The Labute approximate surface area is 119 Å². The molecular weight excluding hydrogens is 260 g/mol. The number of nitrogens with two attached hydrogens (primary N) is 1. The maximum Gasteiger partial charge on any atom is 0.221 e. The van der Waals surface area contributed by atoms with Crippen LogP contribution in [0.2, 0.25) is 0 Å². The predicted molar refractivity (Wildman–Crippen MR) is 76.6 cm³/mol. The first-order chi connectivity index (χ1) is 9.83. The van der Waals surface area contributed by atoms with Crippen LogP contribution >= 0.6 is 0 Å². The summed E-state index contributed by atoms with van der Waals surface area (Å²) in [7, 11) is 1.68. The Morgan fingerprint density at radius 1 is 1.20 bits per heavy atom. The lowest BCUT2D eigenvalue weighted by Crippen LogP contribution is -2.15. The van der Waals surface area contributed by atoms with Gasteiger partial charge in [-0.3, -0.25) is 0 Å². The van der Waals surface area contributed by atoms with E-state index in [-0.39, 0.29) is 0 Å². The molecular formula is C13H24N4O3. The molecule has 0 aromatic carbocycles. The van der Waals surface area contributed by atoms with Gasteiger partial charge in [0.05, 0.1) is 12.2 Å². The molecule has 0 amide bonds. The van der Waals surface area contributed by atoms with Crippen LogP contribution < -0.4 is 16.0 Å². The van der Waals surface area contributed by atoms with Gasteiger partial charge in [0, 0.05) is 20.3 Å². The number of nitrogen functional groups attached to an aromatic ring is 1. The van der Waals surface area contributed by atoms with Gasteiger partial charge in [-0.2, -0.15) is 0 Å². The van der Waals surface area contributed by atoms with Crippen molar-refractivity contribution in [1.82, 2.24) is 9.97 Å². The average Bonchev–Trinajstić information content (AvgIpc) is 2.48. The third-order valence-electron chi connectivity index (χ3n) is 2.65. The van der Waals surface area contributed by atoms with Crippen LogP contribution in [0.5, 0.6) is 5.88 Å². The monoisotopic (exact) mass is 284 g/mol. The first kappa shape index (κ1) is 16.6. The van der Waals surface area contributed by atoms with Crippen molar-refractivity contribution < 1.29 is 14.2 Å². The Hall–Kier alpha value is -1.44. The fourth-order valence-corrected chi connectivity index (χ4v) is 1.72. The molecule has 1 aromatic rings. The molecule has 1 heterocycles. The second-order valence-corrected chi connectivity index (χ2v) is 4.21. The summed E-state index contributed by atoms with van der Waals surface area (Å²) in [5.41, 5.74) is 3.47. The van der Waals surface area contributed by atoms with Crippen molar-refractivity contribution in [3.8, 4) is 5.88 Å². The highest BCUT2D eigenvalue weighted by atomic mass is 16.5. The Balaban J connectivity index is 2.39.